The van der Waals surface area contributed by atoms with E-state index in [9.17, 15) is 4.79 Å². The number of halogens is 1. The molecule has 0 radical (unpaired) electrons. The van der Waals surface area contributed by atoms with Gasteiger partial charge in [0, 0.05) is 18.8 Å². The number of rotatable bonds is 3. The van der Waals surface area contributed by atoms with E-state index < -0.39 is 0 Å². The van der Waals surface area contributed by atoms with Gasteiger partial charge in [-0.2, -0.15) is 0 Å². The Balaban J connectivity index is 1.80. The maximum atomic E-state index is 12.5. The maximum absolute atomic E-state index is 12.5. The zero-order valence-electron chi connectivity index (χ0n) is 13.9. The predicted octanol–water partition coefficient (Wildman–Crippen LogP) is 3.93. The van der Waals surface area contributed by atoms with Gasteiger partial charge in [0.2, 0.25) is 5.95 Å². The lowest BCUT2D eigenvalue weighted by Crippen LogP contribution is -2.34. The molecule has 1 aliphatic rings. The van der Waals surface area contributed by atoms with Gasteiger partial charge < -0.3 is 10.2 Å². The lowest BCUT2D eigenvalue weighted by atomic mass is 10.00. The third-order valence-corrected chi connectivity index (χ3v) is 4.59. The summed E-state index contributed by atoms with van der Waals surface area (Å²) in [7, 11) is 0. The molecule has 1 N–H and O–H groups in total. The van der Waals surface area contributed by atoms with Gasteiger partial charge in [-0.15, -0.1) is 0 Å². The van der Waals surface area contributed by atoms with E-state index in [1.807, 2.05) is 19.1 Å². The van der Waals surface area contributed by atoms with Gasteiger partial charge in [-0.1, -0.05) is 30.7 Å². The minimum atomic E-state index is -0.278. The molecule has 6 heteroatoms. The molecule has 1 amide bonds. The van der Waals surface area contributed by atoms with Crippen molar-refractivity contribution in [3.05, 3.63) is 46.7 Å². The number of aromatic nitrogens is 2. The van der Waals surface area contributed by atoms with Crippen LogP contribution in [0.2, 0.25) is 5.02 Å². The minimum absolute atomic E-state index is 0.278. The van der Waals surface area contributed by atoms with E-state index in [0.717, 1.165) is 37.5 Å². The van der Waals surface area contributed by atoms with E-state index in [1.165, 1.54) is 0 Å². The molecular weight excluding hydrogens is 324 g/mol. The van der Waals surface area contributed by atoms with Crippen LogP contribution in [0.1, 0.15) is 35.9 Å². The standard InChI is InChI=1S/C18H21ClN4O/c1-12-7-9-23(10-8-12)18-20-13(2)11-16(22-18)17(24)21-15-6-4-3-5-14(15)19/h3-6,11-12H,7-10H2,1-2H3,(H,21,24). The molecule has 1 aliphatic heterocycles. The molecule has 0 aliphatic carbocycles. The van der Waals surface area contributed by atoms with Crippen LogP contribution in [0.4, 0.5) is 11.6 Å². The Bertz CT molecular complexity index is 742. The van der Waals surface area contributed by atoms with Crippen LogP contribution in [0.3, 0.4) is 0 Å². The summed E-state index contributed by atoms with van der Waals surface area (Å²) in [5, 5.41) is 3.31. The van der Waals surface area contributed by atoms with Gasteiger partial charge in [0.1, 0.15) is 5.69 Å². The molecule has 1 fully saturated rings. The smallest absolute Gasteiger partial charge is 0.274 e. The van der Waals surface area contributed by atoms with Crippen LogP contribution < -0.4 is 10.2 Å². The Labute approximate surface area is 147 Å². The lowest BCUT2D eigenvalue weighted by Gasteiger charge is -2.30. The molecule has 5 nitrogen and oxygen atoms in total. The van der Waals surface area contributed by atoms with Crippen molar-refractivity contribution in [1.29, 1.82) is 0 Å². The van der Waals surface area contributed by atoms with Gasteiger partial charge in [-0.25, -0.2) is 9.97 Å². The molecule has 2 aromatic rings. The number of hydrogen-bond donors (Lipinski definition) is 1. The average Bonchev–Trinajstić information content (AvgIpc) is 2.57. The summed E-state index contributed by atoms with van der Waals surface area (Å²) >= 11 is 6.10. The number of carbonyl (C=O) groups is 1. The normalized spacial score (nSPS) is 15.4. The number of benzene rings is 1. The number of aryl methyl sites for hydroxylation is 1. The number of carbonyl (C=O) groups excluding carboxylic acids is 1. The highest BCUT2D eigenvalue weighted by Crippen LogP contribution is 2.23. The van der Waals surface area contributed by atoms with Crippen molar-refractivity contribution in [2.45, 2.75) is 26.7 Å². The van der Waals surface area contributed by atoms with Gasteiger partial charge in [-0.05, 0) is 43.9 Å². The monoisotopic (exact) mass is 344 g/mol. The van der Waals surface area contributed by atoms with Gasteiger partial charge in [0.25, 0.3) is 5.91 Å². The molecule has 0 bridgehead atoms. The van der Waals surface area contributed by atoms with Crippen LogP contribution in [-0.4, -0.2) is 29.0 Å². The largest absolute Gasteiger partial charge is 0.341 e. The van der Waals surface area contributed by atoms with E-state index in [-0.39, 0.29) is 5.91 Å². The Morgan fingerprint density at radius 1 is 1.25 bits per heavy atom. The Kier molecular flexibility index (Phi) is 5.00. The van der Waals surface area contributed by atoms with E-state index in [4.69, 9.17) is 11.6 Å². The van der Waals surface area contributed by atoms with E-state index in [0.29, 0.717) is 22.4 Å². The van der Waals surface area contributed by atoms with Gasteiger partial charge in [-0.3, -0.25) is 4.79 Å². The highest BCUT2D eigenvalue weighted by molar-refractivity contribution is 6.33. The van der Waals surface area contributed by atoms with Crippen molar-refractivity contribution in [1.82, 2.24) is 9.97 Å². The third-order valence-electron chi connectivity index (χ3n) is 4.26. The summed E-state index contributed by atoms with van der Waals surface area (Å²) in [4.78, 5) is 23.6. The van der Waals surface area contributed by atoms with Gasteiger partial charge in [0.05, 0.1) is 10.7 Å². The van der Waals surface area contributed by atoms with Crippen LogP contribution in [0.25, 0.3) is 0 Å². The molecule has 1 saturated heterocycles. The van der Waals surface area contributed by atoms with Crippen LogP contribution >= 0.6 is 11.6 Å². The van der Waals surface area contributed by atoms with Crippen LogP contribution in [0.15, 0.2) is 30.3 Å². The number of piperidine rings is 1. The summed E-state index contributed by atoms with van der Waals surface area (Å²) < 4.78 is 0. The molecular formula is C18H21ClN4O. The third kappa shape index (κ3) is 3.85. The second-order valence-electron chi connectivity index (χ2n) is 6.30. The number of hydrogen-bond acceptors (Lipinski definition) is 4. The fourth-order valence-corrected chi connectivity index (χ4v) is 2.95. The Morgan fingerprint density at radius 2 is 1.96 bits per heavy atom. The van der Waals surface area contributed by atoms with Gasteiger partial charge >= 0.3 is 0 Å². The first-order chi connectivity index (χ1) is 11.5. The van der Waals surface area contributed by atoms with Crippen LogP contribution in [0.5, 0.6) is 0 Å². The quantitative estimate of drug-likeness (QED) is 0.916. The summed E-state index contributed by atoms with van der Waals surface area (Å²) in [6, 6.07) is 8.85. The lowest BCUT2D eigenvalue weighted by molar-refractivity contribution is 0.102. The minimum Gasteiger partial charge on any atom is -0.341 e. The first kappa shape index (κ1) is 16.7. The molecule has 1 aromatic carbocycles. The van der Waals surface area contributed by atoms with Gasteiger partial charge in [0.15, 0.2) is 0 Å². The number of nitrogens with one attached hydrogen (secondary N) is 1. The van der Waals surface area contributed by atoms with E-state index in [1.54, 1.807) is 18.2 Å². The predicted molar refractivity (Wildman–Crippen MR) is 96.8 cm³/mol. The molecule has 126 valence electrons. The van der Waals surface area contributed by atoms with Crippen LogP contribution in [-0.2, 0) is 0 Å². The fraction of sp³-hybridized carbons (Fsp3) is 0.389. The second-order valence-corrected chi connectivity index (χ2v) is 6.71. The van der Waals surface area contributed by atoms with Crippen molar-refractivity contribution >= 4 is 29.1 Å². The zero-order valence-corrected chi connectivity index (χ0v) is 14.7. The SMILES string of the molecule is Cc1cc(C(=O)Nc2ccccc2Cl)nc(N2CCC(C)CC2)n1. The highest BCUT2D eigenvalue weighted by Gasteiger charge is 2.20. The van der Waals surface area contributed by atoms with Crippen molar-refractivity contribution in [2.75, 3.05) is 23.3 Å². The number of nitrogens with zero attached hydrogens (tertiary/aromatic N) is 3. The molecule has 0 saturated carbocycles. The zero-order chi connectivity index (χ0) is 17.1. The molecule has 2 heterocycles. The first-order valence-electron chi connectivity index (χ1n) is 8.19. The summed E-state index contributed by atoms with van der Waals surface area (Å²) in [5.74, 6) is 1.08. The number of anilines is 2. The van der Waals surface area contributed by atoms with Crippen LogP contribution in [0, 0.1) is 12.8 Å². The average molecular weight is 345 g/mol. The Hall–Kier alpha value is -2.14. The van der Waals surface area contributed by atoms with Crippen molar-refractivity contribution < 1.29 is 4.79 Å². The van der Waals surface area contributed by atoms with Crippen molar-refractivity contribution in [3.63, 3.8) is 0 Å². The number of para-hydroxylation sites is 1. The van der Waals surface area contributed by atoms with Crippen molar-refractivity contribution in [2.24, 2.45) is 5.92 Å². The first-order valence-corrected chi connectivity index (χ1v) is 8.57. The molecule has 1 aromatic heterocycles. The summed E-state index contributed by atoms with van der Waals surface area (Å²) in [5.41, 5.74) is 1.72. The molecule has 3 rings (SSSR count). The maximum Gasteiger partial charge on any atom is 0.274 e. The molecule has 0 atom stereocenters. The number of amides is 1. The topological polar surface area (TPSA) is 58.1 Å². The molecule has 0 spiro atoms. The fourth-order valence-electron chi connectivity index (χ4n) is 2.77. The summed E-state index contributed by atoms with van der Waals surface area (Å²) in [6.07, 6.45) is 2.25. The molecule has 24 heavy (non-hydrogen) atoms. The molecule has 0 unspecified atom stereocenters. The van der Waals surface area contributed by atoms with E-state index in [2.05, 4.69) is 27.1 Å². The summed E-state index contributed by atoms with van der Waals surface area (Å²) in [6.45, 7) is 5.99. The second kappa shape index (κ2) is 7.18. The Morgan fingerprint density at radius 3 is 2.67 bits per heavy atom. The van der Waals surface area contributed by atoms with Crippen molar-refractivity contribution in [3.8, 4) is 0 Å². The van der Waals surface area contributed by atoms with E-state index >= 15 is 0 Å². The highest BCUT2D eigenvalue weighted by atomic mass is 35.5.